The molecular formula is C19H21N5O. The van der Waals surface area contributed by atoms with Gasteiger partial charge >= 0.3 is 0 Å². The van der Waals surface area contributed by atoms with Gasteiger partial charge in [0.1, 0.15) is 5.82 Å². The largest absolute Gasteiger partial charge is 0.366 e. The summed E-state index contributed by atoms with van der Waals surface area (Å²) in [5.41, 5.74) is 3.02. The monoisotopic (exact) mass is 335 g/mol. The first-order valence-electron chi connectivity index (χ1n) is 8.61. The second-order valence-electron chi connectivity index (χ2n) is 6.53. The Morgan fingerprint density at radius 1 is 1.24 bits per heavy atom. The van der Waals surface area contributed by atoms with Crippen molar-refractivity contribution in [1.82, 2.24) is 19.5 Å². The zero-order valence-electron chi connectivity index (χ0n) is 14.2. The van der Waals surface area contributed by atoms with Gasteiger partial charge in [-0.3, -0.25) is 4.79 Å². The van der Waals surface area contributed by atoms with E-state index in [-0.39, 0.29) is 5.91 Å². The summed E-state index contributed by atoms with van der Waals surface area (Å²) in [6, 6.07) is 10.2. The van der Waals surface area contributed by atoms with E-state index in [1.165, 1.54) is 5.56 Å². The zero-order chi connectivity index (χ0) is 17.2. The van der Waals surface area contributed by atoms with Crippen LogP contribution in [-0.2, 0) is 0 Å². The number of nitrogens with one attached hydrogen (secondary N) is 1. The molecule has 6 nitrogen and oxygen atoms in total. The van der Waals surface area contributed by atoms with Gasteiger partial charge in [-0.2, -0.15) is 5.10 Å². The van der Waals surface area contributed by atoms with E-state index in [2.05, 4.69) is 28.5 Å². The molecule has 6 heteroatoms. The maximum atomic E-state index is 12.8. The van der Waals surface area contributed by atoms with E-state index in [0.29, 0.717) is 6.04 Å². The molecule has 0 bridgehead atoms. The quantitative estimate of drug-likeness (QED) is 0.799. The second-order valence-corrected chi connectivity index (χ2v) is 6.53. The number of pyridine rings is 1. The Hall–Kier alpha value is -2.89. The number of aromatic nitrogens is 3. The molecule has 0 spiro atoms. The summed E-state index contributed by atoms with van der Waals surface area (Å²) in [6.07, 6.45) is 7.39. The topological polar surface area (TPSA) is 62.5 Å². The molecule has 3 aromatic rings. The van der Waals surface area contributed by atoms with Gasteiger partial charge in [0.25, 0.3) is 5.91 Å². The molecule has 1 amide bonds. The number of amides is 1. The fraction of sp³-hybridized carbons (Fsp3) is 0.316. The molecule has 4 rings (SSSR count). The number of piperidine rings is 1. The molecule has 4 heterocycles. The molecule has 1 saturated heterocycles. The molecule has 1 aliphatic heterocycles. The van der Waals surface area contributed by atoms with Crippen molar-refractivity contribution in [3.8, 4) is 0 Å². The second kappa shape index (κ2) is 6.55. The van der Waals surface area contributed by atoms with Crippen LogP contribution in [0.15, 0.2) is 48.9 Å². The molecule has 3 aromatic heterocycles. The van der Waals surface area contributed by atoms with Crippen LogP contribution in [0, 0.1) is 6.92 Å². The number of aryl methyl sites for hydroxylation is 1. The Bertz CT molecular complexity index is 881. The third-order valence-electron chi connectivity index (χ3n) is 4.80. The van der Waals surface area contributed by atoms with Crippen LogP contribution >= 0.6 is 0 Å². The number of carbonyl (C=O) groups excluding carboxylic acids is 1. The lowest BCUT2D eigenvalue weighted by molar-refractivity contribution is 0.0718. The highest BCUT2D eigenvalue weighted by atomic mass is 16.2. The van der Waals surface area contributed by atoms with E-state index >= 15 is 0 Å². The van der Waals surface area contributed by atoms with Crippen molar-refractivity contribution in [2.24, 2.45) is 0 Å². The minimum absolute atomic E-state index is 0.112. The average molecular weight is 335 g/mol. The summed E-state index contributed by atoms with van der Waals surface area (Å²) in [6.45, 7) is 3.57. The Kier molecular flexibility index (Phi) is 4.09. The van der Waals surface area contributed by atoms with Crippen LogP contribution in [0.2, 0.25) is 0 Å². The van der Waals surface area contributed by atoms with Crippen LogP contribution in [-0.4, -0.2) is 44.5 Å². The van der Waals surface area contributed by atoms with E-state index in [4.69, 9.17) is 0 Å². The van der Waals surface area contributed by atoms with E-state index in [0.717, 1.165) is 42.8 Å². The first kappa shape index (κ1) is 15.6. The normalized spacial score (nSPS) is 15.5. The Labute approximate surface area is 146 Å². The number of carbonyl (C=O) groups is 1. The predicted octanol–water partition coefficient (Wildman–Crippen LogP) is 2.75. The summed E-state index contributed by atoms with van der Waals surface area (Å²) in [5.74, 6) is 0.905. The van der Waals surface area contributed by atoms with Crippen LogP contribution in [0.3, 0.4) is 0 Å². The maximum Gasteiger partial charge on any atom is 0.255 e. The fourth-order valence-corrected chi connectivity index (χ4v) is 3.40. The third-order valence-corrected chi connectivity index (χ3v) is 4.80. The summed E-state index contributed by atoms with van der Waals surface area (Å²) in [4.78, 5) is 14.8. The number of anilines is 1. The first-order chi connectivity index (χ1) is 12.2. The van der Waals surface area contributed by atoms with E-state index in [9.17, 15) is 4.79 Å². The van der Waals surface area contributed by atoms with Crippen molar-refractivity contribution in [2.45, 2.75) is 25.8 Å². The van der Waals surface area contributed by atoms with Gasteiger partial charge in [-0.1, -0.05) is 6.07 Å². The molecule has 1 fully saturated rings. The summed E-state index contributed by atoms with van der Waals surface area (Å²) >= 11 is 0. The number of hydrogen-bond donors (Lipinski definition) is 1. The number of nitrogens with zero attached hydrogens (tertiary/aromatic N) is 4. The molecule has 0 atom stereocenters. The summed E-state index contributed by atoms with van der Waals surface area (Å²) in [5, 5.41) is 11.3. The highest BCUT2D eigenvalue weighted by molar-refractivity contribution is 5.96. The van der Waals surface area contributed by atoms with Crippen LogP contribution < -0.4 is 5.32 Å². The Balaban J connectivity index is 1.41. The maximum absolute atomic E-state index is 12.8. The van der Waals surface area contributed by atoms with Gasteiger partial charge in [-0.15, -0.1) is 5.10 Å². The van der Waals surface area contributed by atoms with E-state index in [1.54, 1.807) is 6.20 Å². The summed E-state index contributed by atoms with van der Waals surface area (Å²) < 4.78 is 2.02. The molecule has 1 aliphatic rings. The molecule has 0 aromatic carbocycles. The van der Waals surface area contributed by atoms with Gasteiger partial charge < -0.3 is 14.6 Å². The first-order valence-corrected chi connectivity index (χ1v) is 8.61. The van der Waals surface area contributed by atoms with Gasteiger partial charge in [0, 0.05) is 43.2 Å². The van der Waals surface area contributed by atoms with Crippen molar-refractivity contribution in [3.63, 3.8) is 0 Å². The van der Waals surface area contributed by atoms with E-state index in [1.807, 2.05) is 46.0 Å². The van der Waals surface area contributed by atoms with Crippen LogP contribution in [0.5, 0.6) is 0 Å². The molecule has 0 saturated carbocycles. The third kappa shape index (κ3) is 3.20. The lowest BCUT2D eigenvalue weighted by Gasteiger charge is -2.32. The number of rotatable bonds is 3. The van der Waals surface area contributed by atoms with Gasteiger partial charge in [0.15, 0.2) is 0 Å². The van der Waals surface area contributed by atoms with E-state index < -0.39 is 0 Å². The minimum Gasteiger partial charge on any atom is -0.366 e. The van der Waals surface area contributed by atoms with Gasteiger partial charge in [-0.25, -0.2) is 0 Å². The van der Waals surface area contributed by atoms with Gasteiger partial charge in [0.05, 0.1) is 5.56 Å². The number of hydrogen-bond acceptors (Lipinski definition) is 4. The lowest BCUT2D eigenvalue weighted by Crippen LogP contribution is -2.42. The van der Waals surface area contributed by atoms with Crippen molar-refractivity contribution >= 4 is 17.2 Å². The highest BCUT2D eigenvalue weighted by Gasteiger charge is 2.24. The molecule has 0 aliphatic carbocycles. The molecule has 25 heavy (non-hydrogen) atoms. The average Bonchev–Trinajstić information content (AvgIpc) is 3.08. The lowest BCUT2D eigenvalue weighted by atomic mass is 10.0. The predicted molar refractivity (Wildman–Crippen MR) is 96.7 cm³/mol. The Morgan fingerprint density at radius 3 is 2.80 bits per heavy atom. The zero-order valence-corrected chi connectivity index (χ0v) is 14.2. The SMILES string of the molecule is Cc1cccn2cc(C(=O)N3CCC(Nc4cccnn4)CC3)cc12. The number of likely N-dealkylation sites (tertiary alicyclic amines) is 1. The van der Waals surface area contributed by atoms with Gasteiger partial charge in [0.2, 0.25) is 0 Å². The highest BCUT2D eigenvalue weighted by Crippen LogP contribution is 2.19. The smallest absolute Gasteiger partial charge is 0.255 e. The van der Waals surface area contributed by atoms with Crippen molar-refractivity contribution in [1.29, 1.82) is 0 Å². The summed E-state index contributed by atoms with van der Waals surface area (Å²) in [7, 11) is 0. The minimum atomic E-state index is 0.112. The van der Waals surface area contributed by atoms with Crippen LogP contribution in [0.4, 0.5) is 5.82 Å². The fourth-order valence-electron chi connectivity index (χ4n) is 3.40. The Morgan fingerprint density at radius 2 is 2.08 bits per heavy atom. The number of fused-ring (bicyclic) bond motifs is 1. The van der Waals surface area contributed by atoms with Gasteiger partial charge in [-0.05, 0) is 49.6 Å². The van der Waals surface area contributed by atoms with Crippen molar-refractivity contribution < 1.29 is 4.79 Å². The van der Waals surface area contributed by atoms with Crippen molar-refractivity contribution in [3.05, 3.63) is 60.0 Å². The standard InChI is InChI=1S/C19H21N5O/c1-14-4-3-9-24-13-15(12-17(14)24)19(25)23-10-6-16(7-11-23)21-18-5-2-8-20-22-18/h2-5,8-9,12-13,16H,6-7,10-11H2,1H3,(H,21,22). The van der Waals surface area contributed by atoms with Crippen LogP contribution in [0.1, 0.15) is 28.8 Å². The molecular weight excluding hydrogens is 314 g/mol. The molecule has 1 N–H and O–H groups in total. The molecule has 128 valence electrons. The molecule has 0 unspecified atom stereocenters. The molecule has 0 radical (unpaired) electrons. The van der Waals surface area contributed by atoms with Crippen LogP contribution in [0.25, 0.3) is 5.52 Å². The van der Waals surface area contributed by atoms with Crippen molar-refractivity contribution in [2.75, 3.05) is 18.4 Å².